The van der Waals surface area contributed by atoms with Crippen molar-refractivity contribution in [2.45, 2.75) is 13.0 Å². The number of nitrogens with one attached hydrogen (secondary N) is 1. The van der Waals surface area contributed by atoms with Crippen LogP contribution in [0.4, 0.5) is 25.4 Å². The molecule has 0 spiro atoms. The molecule has 1 atom stereocenters. The van der Waals surface area contributed by atoms with Gasteiger partial charge < -0.3 is 14.8 Å². The first-order chi connectivity index (χ1) is 11.5. The molecule has 2 heterocycles. The standard InChI is InChI=1S/C15H16FN3O5/c1-9(20)17-7-11-8-19(15(22)24-11)13-3-2-10(6-12(13)16)18-4-5-23-14(18)21/h2-3,6,11H,4-5,7-8H2,1H3,(H,17,20)/t11-/m0/s1. The molecule has 0 unspecified atom stereocenters. The molecule has 0 bridgehead atoms. The van der Waals surface area contributed by atoms with Crippen molar-refractivity contribution >= 4 is 29.5 Å². The zero-order valence-electron chi connectivity index (χ0n) is 13.0. The monoisotopic (exact) mass is 337 g/mol. The van der Waals surface area contributed by atoms with Crippen LogP contribution in [0.3, 0.4) is 0 Å². The number of cyclic esters (lactones) is 2. The highest BCUT2D eigenvalue weighted by molar-refractivity contribution is 5.92. The fraction of sp³-hybridized carbons (Fsp3) is 0.400. The first kappa shape index (κ1) is 16.0. The van der Waals surface area contributed by atoms with E-state index in [0.29, 0.717) is 12.2 Å². The van der Waals surface area contributed by atoms with Gasteiger partial charge in [-0.3, -0.25) is 14.6 Å². The summed E-state index contributed by atoms with van der Waals surface area (Å²) >= 11 is 0. The van der Waals surface area contributed by atoms with Crippen LogP contribution in [0.5, 0.6) is 0 Å². The zero-order chi connectivity index (χ0) is 17.3. The summed E-state index contributed by atoms with van der Waals surface area (Å²) in [5.41, 5.74) is 0.419. The highest BCUT2D eigenvalue weighted by Gasteiger charge is 2.34. The number of hydrogen-bond acceptors (Lipinski definition) is 5. The van der Waals surface area contributed by atoms with Crippen LogP contribution >= 0.6 is 0 Å². The average Bonchev–Trinajstić information content (AvgIpc) is 3.11. The van der Waals surface area contributed by atoms with E-state index in [1.807, 2.05) is 0 Å². The molecule has 128 valence electrons. The molecule has 0 saturated carbocycles. The molecule has 9 heteroatoms. The number of amides is 3. The quantitative estimate of drug-likeness (QED) is 0.893. The van der Waals surface area contributed by atoms with E-state index in [4.69, 9.17) is 9.47 Å². The Morgan fingerprint density at radius 1 is 1.33 bits per heavy atom. The fourth-order valence-corrected chi connectivity index (χ4v) is 2.59. The van der Waals surface area contributed by atoms with Gasteiger partial charge in [0, 0.05) is 6.92 Å². The summed E-state index contributed by atoms with van der Waals surface area (Å²) < 4.78 is 24.3. The number of carbonyl (C=O) groups excluding carboxylic acids is 3. The average molecular weight is 337 g/mol. The molecule has 0 aromatic heterocycles. The number of ether oxygens (including phenoxy) is 2. The normalized spacial score (nSPS) is 20.2. The lowest BCUT2D eigenvalue weighted by Gasteiger charge is -2.17. The Hall–Kier alpha value is -2.84. The third-order valence-electron chi connectivity index (χ3n) is 3.75. The lowest BCUT2D eigenvalue weighted by Crippen LogP contribution is -2.33. The Balaban J connectivity index is 1.74. The largest absolute Gasteiger partial charge is 0.447 e. The van der Waals surface area contributed by atoms with Gasteiger partial charge in [-0.05, 0) is 18.2 Å². The molecule has 2 saturated heterocycles. The lowest BCUT2D eigenvalue weighted by molar-refractivity contribution is -0.119. The van der Waals surface area contributed by atoms with Crippen LogP contribution in [0.25, 0.3) is 0 Å². The minimum atomic E-state index is -0.683. The van der Waals surface area contributed by atoms with Gasteiger partial charge in [0.25, 0.3) is 0 Å². The van der Waals surface area contributed by atoms with Crippen molar-refractivity contribution in [3.63, 3.8) is 0 Å². The maximum absolute atomic E-state index is 14.4. The number of rotatable bonds is 4. The van der Waals surface area contributed by atoms with E-state index in [1.54, 1.807) is 6.07 Å². The number of nitrogens with zero attached hydrogens (tertiary/aromatic N) is 2. The maximum atomic E-state index is 14.4. The Bertz CT molecular complexity index is 696. The molecule has 3 rings (SSSR count). The van der Waals surface area contributed by atoms with Crippen molar-refractivity contribution in [2.75, 3.05) is 36.0 Å². The van der Waals surface area contributed by atoms with Crippen molar-refractivity contribution in [2.24, 2.45) is 0 Å². The Morgan fingerprint density at radius 3 is 2.75 bits per heavy atom. The summed E-state index contributed by atoms with van der Waals surface area (Å²) in [6.45, 7) is 2.25. The molecular formula is C15H16FN3O5. The molecule has 1 N–H and O–H groups in total. The third-order valence-corrected chi connectivity index (χ3v) is 3.75. The van der Waals surface area contributed by atoms with Crippen molar-refractivity contribution in [1.29, 1.82) is 0 Å². The van der Waals surface area contributed by atoms with Crippen molar-refractivity contribution in [3.8, 4) is 0 Å². The van der Waals surface area contributed by atoms with Crippen molar-refractivity contribution < 1.29 is 28.2 Å². The zero-order valence-corrected chi connectivity index (χ0v) is 13.0. The topological polar surface area (TPSA) is 88.2 Å². The smallest absolute Gasteiger partial charge is 0.414 e. The van der Waals surface area contributed by atoms with Gasteiger partial charge in [-0.15, -0.1) is 0 Å². The van der Waals surface area contributed by atoms with Gasteiger partial charge in [0.1, 0.15) is 18.5 Å². The second-order valence-electron chi connectivity index (χ2n) is 5.46. The van der Waals surface area contributed by atoms with Gasteiger partial charge in [0.05, 0.1) is 31.0 Å². The first-order valence-electron chi connectivity index (χ1n) is 7.42. The van der Waals surface area contributed by atoms with E-state index in [1.165, 1.54) is 24.0 Å². The molecule has 2 fully saturated rings. The van der Waals surface area contributed by atoms with E-state index >= 15 is 0 Å². The number of halogens is 1. The Kier molecular flexibility index (Phi) is 4.24. The molecule has 2 aliphatic heterocycles. The maximum Gasteiger partial charge on any atom is 0.414 e. The number of anilines is 2. The van der Waals surface area contributed by atoms with Crippen LogP contribution in [-0.4, -0.2) is 50.4 Å². The van der Waals surface area contributed by atoms with E-state index in [0.717, 1.165) is 4.90 Å². The van der Waals surface area contributed by atoms with Crippen LogP contribution in [0, 0.1) is 5.82 Å². The number of carbonyl (C=O) groups is 3. The highest BCUT2D eigenvalue weighted by atomic mass is 19.1. The SMILES string of the molecule is CC(=O)NC[C@H]1CN(c2ccc(N3CCOC3=O)cc2F)C(=O)O1. The van der Waals surface area contributed by atoms with Gasteiger partial charge >= 0.3 is 12.2 Å². The summed E-state index contributed by atoms with van der Waals surface area (Å²) in [6, 6.07) is 4.13. The predicted molar refractivity (Wildman–Crippen MR) is 81.4 cm³/mol. The fourth-order valence-electron chi connectivity index (χ4n) is 2.59. The highest BCUT2D eigenvalue weighted by Crippen LogP contribution is 2.29. The van der Waals surface area contributed by atoms with Crippen LogP contribution in [0.1, 0.15) is 6.92 Å². The van der Waals surface area contributed by atoms with E-state index in [2.05, 4.69) is 5.32 Å². The molecule has 1 aromatic rings. The van der Waals surface area contributed by atoms with Gasteiger partial charge in [-0.1, -0.05) is 0 Å². The van der Waals surface area contributed by atoms with Gasteiger partial charge in [0.15, 0.2) is 0 Å². The minimum Gasteiger partial charge on any atom is -0.447 e. The molecule has 3 amide bonds. The lowest BCUT2D eigenvalue weighted by atomic mass is 10.2. The van der Waals surface area contributed by atoms with Crippen LogP contribution in [-0.2, 0) is 14.3 Å². The summed E-state index contributed by atoms with van der Waals surface area (Å²) in [6.07, 6.45) is -1.76. The van der Waals surface area contributed by atoms with Crippen LogP contribution in [0.2, 0.25) is 0 Å². The Labute approximate surface area is 137 Å². The third kappa shape index (κ3) is 3.10. The molecule has 1 aromatic carbocycles. The second kappa shape index (κ2) is 6.34. The summed E-state index contributed by atoms with van der Waals surface area (Å²) in [5.74, 6) is -0.887. The summed E-state index contributed by atoms with van der Waals surface area (Å²) in [7, 11) is 0. The Morgan fingerprint density at radius 2 is 2.12 bits per heavy atom. The van der Waals surface area contributed by atoms with E-state index in [9.17, 15) is 18.8 Å². The van der Waals surface area contributed by atoms with E-state index < -0.39 is 24.1 Å². The van der Waals surface area contributed by atoms with Crippen molar-refractivity contribution in [1.82, 2.24) is 5.32 Å². The first-order valence-corrected chi connectivity index (χ1v) is 7.42. The molecule has 8 nitrogen and oxygen atoms in total. The van der Waals surface area contributed by atoms with Gasteiger partial charge in [-0.2, -0.15) is 0 Å². The molecule has 24 heavy (non-hydrogen) atoms. The van der Waals surface area contributed by atoms with Crippen LogP contribution in [0.15, 0.2) is 18.2 Å². The molecule has 0 aliphatic carbocycles. The number of hydrogen-bond donors (Lipinski definition) is 1. The minimum absolute atomic E-state index is 0.0571. The molecular weight excluding hydrogens is 321 g/mol. The second-order valence-corrected chi connectivity index (χ2v) is 5.46. The van der Waals surface area contributed by atoms with Crippen molar-refractivity contribution in [3.05, 3.63) is 24.0 Å². The molecule has 2 aliphatic rings. The molecule has 0 radical (unpaired) electrons. The summed E-state index contributed by atoms with van der Waals surface area (Å²) in [4.78, 5) is 36.8. The van der Waals surface area contributed by atoms with Crippen LogP contribution < -0.4 is 15.1 Å². The van der Waals surface area contributed by atoms with E-state index in [-0.39, 0.29) is 31.3 Å². The summed E-state index contributed by atoms with van der Waals surface area (Å²) in [5, 5.41) is 2.55. The van der Waals surface area contributed by atoms with Gasteiger partial charge in [-0.25, -0.2) is 14.0 Å². The van der Waals surface area contributed by atoms with Gasteiger partial charge in [0.2, 0.25) is 5.91 Å². The number of benzene rings is 1. The predicted octanol–water partition coefficient (Wildman–Crippen LogP) is 1.24.